The lowest BCUT2D eigenvalue weighted by Crippen LogP contribution is -2.42. The molecule has 4 rings (SSSR count). The van der Waals surface area contributed by atoms with Gasteiger partial charge in [-0.2, -0.15) is 11.3 Å². The lowest BCUT2D eigenvalue weighted by Gasteiger charge is -2.35. The third kappa shape index (κ3) is 4.21. The molecule has 1 aromatic heterocycles. The summed E-state index contributed by atoms with van der Waals surface area (Å²) in [6, 6.07) is 2.45. The van der Waals surface area contributed by atoms with E-state index in [2.05, 4.69) is 21.7 Å². The first-order valence-corrected chi connectivity index (χ1v) is 11.2. The van der Waals surface area contributed by atoms with Gasteiger partial charge in [0.25, 0.3) is 0 Å². The molecular formula is C21H30N2O3S. The third-order valence-corrected chi connectivity index (χ3v) is 7.49. The molecule has 148 valence electrons. The highest BCUT2D eigenvalue weighted by molar-refractivity contribution is 7.07. The van der Waals surface area contributed by atoms with Crippen LogP contribution >= 0.6 is 11.3 Å². The van der Waals surface area contributed by atoms with E-state index >= 15 is 0 Å². The second kappa shape index (κ2) is 7.92. The fourth-order valence-electron chi connectivity index (χ4n) is 4.82. The maximum Gasteiger partial charge on any atom is 0.222 e. The van der Waals surface area contributed by atoms with Crippen molar-refractivity contribution in [2.45, 2.75) is 58.0 Å². The molecule has 2 aliphatic heterocycles. The van der Waals surface area contributed by atoms with Gasteiger partial charge in [-0.1, -0.05) is 0 Å². The van der Waals surface area contributed by atoms with E-state index in [-0.39, 0.29) is 11.3 Å². The quantitative estimate of drug-likeness (QED) is 0.749. The number of amides is 2. The van der Waals surface area contributed by atoms with Gasteiger partial charge in [0, 0.05) is 52.2 Å². The Morgan fingerprint density at radius 1 is 1.37 bits per heavy atom. The van der Waals surface area contributed by atoms with Crippen molar-refractivity contribution < 1.29 is 14.3 Å². The van der Waals surface area contributed by atoms with E-state index in [0.29, 0.717) is 24.3 Å². The molecule has 1 saturated carbocycles. The molecule has 0 bridgehead atoms. The first-order valence-electron chi connectivity index (χ1n) is 10.2. The number of carbonyl (C=O) groups is 2. The summed E-state index contributed by atoms with van der Waals surface area (Å²) in [5.41, 5.74) is 1.47. The Hall–Kier alpha value is -1.40. The number of piperidine rings is 1. The Labute approximate surface area is 165 Å². The highest BCUT2D eigenvalue weighted by atomic mass is 32.1. The molecule has 3 fully saturated rings. The number of carbonyl (C=O) groups excluding carboxylic acids is 2. The second-order valence-corrected chi connectivity index (χ2v) is 9.29. The molecule has 1 aromatic rings. The molecule has 0 N–H and O–H groups in total. The van der Waals surface area contributed by atoms with Crippen LogP contribution in [0.25, 0.3) is 0 Å². The number of thiophene rings is 1. The third-order valence-electron chi connectivity index (χ3n) is 6.76. The molecule has 3 heterocycles. The van der Waals surface area contributed by atoms with E-state index in [4.69, 9.17) is 4.74 Å². The normalized spacial score (nSPS) is 26.3. The van der Waals surface area contributed by atoms with Gasteiger partial charge in [-0.25, -0.2) is 0 Å². The fraction of sp³-hybridized carbons (Fsp3) is 0.714. The summed E-state index contributed by atoms with van der Waals surface area (Å²) < 4.78 is 5.40. The van der Waals surface area contributed by atoms with Gasteiger partial charge in [0.05, 0.1) is 0 Å². The van der Waals surface area contributed by atoms with Crippen LogP contribution in [-0.2, 0) is 20.9 Å². The van der Waals surface area contributed by atoms with Gasteiger partial charge < -0.3 is 14.5 Å². The molecule has 6 heteroatoms. The highest BCUT2D eigenvalue weighted by Crippen LogP contribution is 2.57. The number of rotatable bonds is 6. The molecular weight excluding hydrogens is 360 g/mol. The molecule has 27 heavy (non-hydrogen) atoms. The Kier molecular flexibility index (Phi) is 5.55. The minimum absolute atomic E-state index is 0.167. The van der Waals surface area contributed by atoms with Crippen LogP contribution in [0.1, 0.15) is 51.0 Å². The van der Waals surface area contributed by atoms with Crippen molar-refractivity contribution in [3.05, 3.63) is 22.4 Å². The highest BCUT2D eigenvalue weighted by Gasteiger charge is 2.58. The van der Waals surface area contributed by atoms with Crippen molar-refractivity contribution >= 4 is 23.2 Å². The van der Waals surface area contributed by atoms with Crippen molar-refractivity contribution in [2.75, 3.05) is 26.3 Å². The lowest BCUT2D eigenvalue weighted by molar-refractivity contribution is -0.134. The molecule has 1 aliphatic carbocycles. The standard InChI is InChI=1S/C21H30N2O3S/c1-16(24)23(13-18-5-11-27-15-18)19-12-21(19)6-8-22(9-7-21)20(25)3-2-17-4-10-26-14-17/h5,11,15,17,19H,2-4,6-10,12-14H2,1H3/t17-,19-/m1/s1. The second-order valence-electron chi connectivity index (χ2n) is 8.51. The number of hydrogen-bond acceptors (Lipinski definition) is 4. The molecule has 0 aromatic carbocycles. The van der Waals surface area contributed by atoms with Gasteiger partial charge in [-0.3, -0.25) is 9.59 Å². The largest absolute Gasteiger partial charge is 0.381 e. The first kappa shape index (κ1) is 18.9. The number of likely N-dealkylation sites (tertiary alicyclic amines) is 1. The van der Waals surface area contributed by atoms with Gasteiger partial charge in [-0.05, 0) is 65.8 Å². The SMILES string of the molecule is CC(=O)N(Cc1ccsc1)[C@@H]1CC12CCN(C(=O)CC[C@@H]1CCOC1)CC2. The minimum Gasteiger partial charge on any atom is -0.381 e. The Morgan fingerprint density at radius 3 is 2.81 bits per heavy atom. The fourth-order valence-corrected chi connectivity index (χ4v) is 5.48. The van der Waals surface area contributed by atoms with Crippen LogP contribution in [0.15, 0.2) is 16.8 Å². The van der Waals surface area contributed by atoms with Crippen molar-refractivity contribution in [1.82, 2.24) is 9.80 Å². The van der Waals surface area contributed by atoms with Crippen LogP contribution in [0.3, 0.4) is 0 Å². The van der Waals surface area contributed by atoms with Crippen molar-refractivity contribution in [3.8, 4) is 0 Å². The summed E-state index contributed by atoms with van der Waals surface area (Å²) in [5, 5.41) is 4.19. The maximum atomic E-state index is 12.5. The topological polar surface area (TPSA) is 49.9 Å². The molecule has 1 spiro atoms. The Morgan fingerprint density at radius 2 is 2.19 bits per heavy atom. The molecule has 2 saturated heterocycles. The van der Waals surface area contributed by atoms with Crippen LogP contribution < -0.4 is 0 Å². The van der Waals surface area contributed by atoms with Crippen LogP contribution in [0.2, 0.25) is 0 Å². The van der Waals surface area contributed by atoms with Crippen LogP contribution in [-0.4, -0.2) is 54.0 Å². The summed E-state index contributed by atoms with van der Waals surface area (Å²) >= 11 is 1.68. The average molecular weight is 391 g/mol. The Bertz CT molecular complexity index is 661. The summed E-state index contributed by atoms with van der Waals surface area (Å²) in [7, 11) is 0. The van der Waals surface area contributed by atoms with E-state index < -0.39 is 0 Å². The molecule has 0 radical (unpaired) electrons. The number of nitrogens with zero attached hydrogens (tertiary/aromatic N) is 2. The van der Waals surface area contributed by atoms with Gasteiger partial charge in [0.2, 0.25) is 11.8 Å². The molecule has 5 nitrogen and oxygen atoms in total. The maximum absolute atomic E-state index is 12.5. The van der Waals surface area contributed by atoms with Gasteiger partial charge >= 0.3 is 0 Å². The van der Waals surface area contributed by atoms with E-state index in [0.717, 1.165) is 65.0 Å². The minimum atomic E-state index is 0.167. The molecule has 3 aliphatic rings. The van der Waals surface area contributed by atoms with E-state index in [9.17, 15) is 9.59 Å². The van der Waals surface area contributed by atoms with E-state index in [1.54, 1.807) is 18.3 Å². The predicted molar refractivity (Wildman–Crippen MR) is 105 cm³/mol. The smallest absolute Gasteiger partial charge is 0.222 e. The number of hydrogen-bond donors (Lipinski definition) is 0. The van der Waals surface area contributed by atoms with Crippen LogP contribution in [0, 0.1) is 11.3 Å². The summed E-state index contributed by atoms with van der Waals surface area (Å²) in [6.07, 6.45) is 5.87. The zero-order valence-corrected chi connectivity index (χ0v) is 17.0. The number of ether oxygens (including phenoxy) is 1. The van der Waals surface area contributed by atoms with Crippen LogP contribution in [0.5, 0.6) is 0 Å². The monoisotopic (exact) mass is 390 g/mol. The summed E-state index contributed by atoms with van der Waals surface area (Å²) in [6.45, 7) is 5.77. The molecule has 2 atom stereocenters. The summed E-state index contributed by atoms with van der Waals surface area (Å²) in [5.74, 6) is 1.04. The van der Waals surface area contributed by atoms with Gasteiger partial charge in [-0.15, -0.1) is 0 Å². The molecule has 0 unspecified atom stereocenters. The van der Waals surface area contributed by atoms with E-state index in [1.165, 1.54) is 5.56 Å². The lowest BCUT2D eigenvalue weighted by atomic mass is 9.91. The van der Waals surface area contributed by atoms with Crippen molar-refractivity contribution in [2.24, 2.45) is 11.3 Å². The zero-order chi connectivity index (χ0) is 18.9. The van der Waals surface area contributed by atoms with Crippen molar-refractivity contribution in [3.63, 3.8) is 0 Å². The molecule has 2 amide bonds. The zero-order valence-electron chi connectivity index (χ0n) is 16.2. The van der Waals surface area contributed by atoms with E-state index in [1.807, 2.05) is 4.90 Å². The first-order chi connectivity index (χ1) is 13.1. The predicted octanol–water partition coefficient (Wildman–Crippen LogP) is 3.29. The van der Waals surface area contributed by atoms with Crippen LogP contribution in [0.4, 0.5) is 0 Å². The summed E-state index contributed by atoms with van der Waals surface area (Å²) in [4.78, 5) is 28.9. The average Bonchev–Trinajstić information content (AvgIpc) is 3.08. The van der Waals surface area contributed by atoms with Gasteiger partial charge in [0.1, 0.15) is 0 Å². The van der Waals surface area contributed by atoms with Crippen molar-refractivity contribution in [1.29, 1.82) is 0 Å². The van der Waals surface area contributed by atoms with Gasteiger partial charge in [0.15, 0.2) is 0 Å². The Balaban J connectivity index is 1.27.